The van der Waals surface area contributed by atoms with E-state index in [2.05, 4.69) is 21.5 Å². The van der Waals surface area contributed by atoms with Crippen LogP contribution in [0.15, 0.2) is 42.6 Å². The lowest BCUT2D eigenvalue weighted by atomic mass is 9.98. The minimum Gasteiger partial charge on any atom is -0.494 e. The first-order chi connectivity index (χ1) is 27.3. The Morgan fingerprint density at radius 1 is 1.00 bits per heavy atom. The summed E-state index contributed by atoms with van der Waals surface area (Å²) < 4.78 is 17.6. The maximum atomic E-state index is 15.2. The van der Waals surface area contributed by atoms with Crippen LogP contribution in [0.2, 0.25) is 10.0 Å². The molecule has 2 aliphatic heterocycles. The number of halogens is 2. The summed E-state index contributed by atoms with van der Waals surface area (Å²) in [6.07, 6.45) is 2.80. The van der Waals surface area contributed by atoms with Crippen LogP contribution in [0.3, 0.4) is 0 Å². The Hall–Kier alpha value is -4.88. The lowest BCUT2D eigenvalue weighted by molar-refractivity contribution is 0.0361. The number of aryl methyl sites for hydroxylation is 5. The summed E-state index contributed by atoms with van der Waals surface area (Å²) in [5.74, 6) is -0.533. The molecule has 3 aromatic carbocycles. The molecule has 5 heterocycles. The summed E-state index contributed by atoms with van der Waals surface area (Å²) in [6.45, 7) is 15.1. The first-order valence-corrected chi connectivity index (χ1v) is 20.2. The molecule has 6 aromatic rings. The minimum atomic E-state index is -1.07. The van der Waals surface area contributed by atoms with Crippen molar-refractivity contribution in [1.82, 2.24) is 29.0 Å². The Kier molecular flexibility index (Phi) is 10.6. The van der Waals surface area contributed by atoms with Crippen LogP contribution in [0.25, 0.3) is 32.9 Å². The molecule has 8 rings (SSSR count). The Balaban J connectivity index is 1.22. The monoisotopic (exact) mass is 811 g/mol. The number of hydrogen-bond donors (Lipinski definition) is 1. The van der Waals surface area contributed by atoms with Crippen molar-refractivity contribution in [3.8, 4) is 16.9 Å². The molecule has 0 bridgehead atoms. The van der Waals surface area contributed by atoms with Crippen LogP contribution in [0.4, 0.5) is 5.69 Å². The van der Waals surface area contributed by atoms with Gasteiger partial charge in [-0.25, -0.2) is 4.79 Å². The van der Waals surface area contributed by atoms with Gasteiger partial charge in [-0.15, -0.1) is 0 Å². The maximum absolute atomic E-state index is 15.2. The normalized spacial score (nSPS) is 16.2. The predicted octanol–water partition coefficient (Wildman–Crippen LogP) is 8.20. The van der Waals surface area contributed by atoms with E-state index in [0.717, 1.165) is 80.5 Å². The largest absolute Gasteiger partial charge is 0.494 e. The third kappa shape index (κ3) is 6.96. The van der Waals surface area contributed by atoms with E-state index in [9.17, 15) is 9.90 Å². The van der Waals surface area contributed by atoms with E-state index >= 15 is 4.79 Å². The molecular weight excluding hydrogens is 765 g/mol. The van der Waals surface area contributed by atoms with Crippen LogP contribution in [0.1, 0.15) is 68.3 Å². The van der Waals surface area contributed by atoms with Gasteiger partial charge in [0.15, 0.2) is 0 Å². The first kappa shape index (κ1) is 39.0. The molecule has 0 unspecified atom stereocenters. The highest BCUT2D eigenvalue weighted by molar-refractivity contribution is 6.35. The molecule has 298 valence electrons. The zero-order valence-electron chi connectivity index (χ0n) is 33.2. The zero-order valence-corrected chi connectivity index (χ0v) is 34.7. The van der Waals surface area contributed by atoms with E-state index in [0.29, 0.717) is 73.1 Å². The highest BCUT2D eigenvalue weighted by atomic mass is 35.5. The molecule has 0 radical (unpaired) electrons. The maximum Gasteiger partial charge on any atom is 0.336 e. The lowest BCUT2D eigenvalue weighted by Crippen LogP contribution is -2.42. The Morgan fingerprint density at radius 2 is 1.74 bits per heavy atom. The fraction of sp³-hybridized carbons (Fsp3) is 0.395. The Labute approximate surface area is 341 Å². The molecule has 1 amide bonds. The molecule has 1 fully saturated rings. The van der Waals surface area contributed by atoms with Crippen molar-refractivity contribution in [2.45, 2.75) is 60.0 Å². The summed E-state index contributed by atoms with van der Waals surface area (Å²) in [5.41, 5.74) is 9.15. The first-order valence-electron chi connectivity index (χ1n) is 19.4. The van der Waals surface area contributed by atoms with Crippen molar-refractivity contribution in [2.24, 2.45) is 7.05 Å². The van der Waals surface area contributed by atoms with E-state index in [4.69, 9.17) is 37.8 Å². The second-order valence-corrected chi connectivity index (χ2v) is 16.1. The molecule has 0 aliphatic carbocycles. The van der Waals surface area contributed by atoms with E-state index < -0.39 is 5.97 Å². The third-order valence-corrected chi connectivity index (χ3v) is 12.5. The molecule has 2 aliphatic rings. The molecule has 3 aromatic heterocycles. The number of hydrogen-bond acceptors (Lipinski definition) is 7. The van der Waals surface area contributed by atoms with Crippen molar-refractivity contribution in [3.63, 3.8) is 0 Å². The van der Waals surface area contributed by atoms with Crippen molar-refractivity contribution in [2.75, 3.05) is 50.9 Å². The number of aromatic carboxylic acids is 1. The van der Waals surface area contributed by atoms with E-state index in [1.807, 2.05) is 74.4 Å². The number of carbonyl (C=O) groups excluding carboxylic acids is 1. The molecule has 14 heteroatoms. The van der Waals surface area contributed by atoms with Crippen LogP contribution in [0, 0.1) is 27.7 Å². The van der Waals surface area contributed by atoms with Crippen LogP contribution >= 0.6 is 23.2 Å². The van der Waals surface area contributed by atoms with Crippen molar-refractivity contribution in [3.05, 3.63) is 92.0 Å². The molecule has 1 N–H and O–H groups in total. The fourth-order valence-electron chi connectivity index (χ4n) is 8.69. The predicted molar refractivity (Wildman–Crippen MR) is 224 cm³/mol. The van der Waals surface area contributed by atoms with Crippen LogP contribution < -0.4 is 9.64 Å². The summed E-state index contributed by atoms with van der Waals surface area (Å²) in [5, 5.41) is 22.5. The number of nitrogens with zero attached hydrogens (tertiary/aromatic N) is 7. The standard InChI is InChI=1S/C43H47Cl2N7O5/c1-24-18-30(19-25(2)39(24)45)57-15-7-8-31-32-9-10-35(44)38(37-27(4)47-48(6)28(37)5)40(32)52-26(3)23-50(42(53)41(31)52)29-20-33(43(54)55)34-22-46-51(36(34)21-29)12-11-49-13-16-56-17-14-49/h9-10,18-22,26H,7-8,11-17,23H2,1-6H3,(H,54,55)/t26-/m1/s1. The molecule has 1 saturated heterocycles. The lowest BCUT2D eigenvalue weighted by Gasteiger charge is -2.34. The van der Waals surface area contributed by atoms with E-state index in [-0.39, 0.29) is 17.5 Å². The van der Waals surface area contributed by atoms with Crippen LogP contribution in [-0.2, 0) is 24.8 Å². The van der Waals surface area contributed by atoms with Gasteiger partial charge in [-0.2, -0.15) is 10.2 Å². The number of fused-ring (bicyclic) bond motifs is 4. The average molecular weight is 813 g/mol. The van der Waals surface area contributed by atoms with Gasteiger partial charge in [-0.3, -0.25) is 19.1 Å². The van der Waals surface area contributed by atoms with Gasteiger partial charge in [0.25, 0.3) is 5.91 Å². The number of carboxylic acids is 1. The second-order valence-electron chi connectivity index (χ2n) is 15.3. The molecular formula is C43H47Cl2N7O5. The number of rotatable bonds is 11. The summed E-state index contributed by atoms with van der Waals surface area (Å²) in [6, 6.07) is 11.1. The van der Waals surface area contributed by atoms with Crippen molar-refractivity contribution < 1.29 is 24.2 Å². The fourth-order valence-corrected chi connectivity index (χ4v) is 9.04. The van der Waals surface area contributed by atoms with Crippen molar-refractivity contribution in [1.29, 1.82) is 0 Å². The van der Waals surface area contributed by atoms with Gasteiger partial charge in [0, 0.05) is 77.6 Å². The van der Waals surface area contributed by atoms with E-state index in [1.165, 1.54) is 0 Å². The Morgan fingerprint density at radius 3 is 2.42 bits per heavy atom. The topological polar surface area (TPSA) is 120 Å². The third-order valence-electron chi connectivity index (χ3n) is 11.6. The number of ether oxygens (including phenoxy) is 2. The van der Waals surface area contributed by atoms with Crippen LogP contribution in [0.5, 0.6) is 5.75 Å². The van der Waals surface area contributed by atoms with Gasteiger partial charge in [-0.05, 0) is 94.5 Å². The molecule has 0 spiro atoms. The quantitative estimate of drug-likeness (QED) is 0.130. The molecule has 0 saturated carbocycles. The smallest absolute Gasteiger partial charge is 0.336 e. The zero-order chi connectivity index (χ0) is 40.3. The highest BCUT2D eigenvalue weighted by Gasteiger charge is 2.37. The second kappa shape index (κ2) is 15.5. The minimum absolute atomic E-state index is 0.105. The highest BCUT2D eigenvalue weighted by Crippen LogP contribution is 2.45. The number of benzene rings is 3. The number of morpholine rings is 1. The van der Waals surface area contributed by atoms with Gasteiger partial charge in [0.05, 0.1) is 59.9 Å². The average Bonchev–Trinajstić information content (AvgIpc) is 3.83. The van der Waals surface area contributed by atoms with E-state index in [1.54, 1.807) is 17.2 Å². The SMILES string of the molecule is Cc1cc(OCCCc2c3n(c4c(-c5c(C)nn(C)c5C)c(Cl)ccc24)[C@H](C)CN(c2cc(C(=O)O)c4cnn(CCN5CCOCC5)c4c2)C3=O)cc(C)c1Cl. The Bertz CT molecular complexity index is 2540. The molecule has 1 atom stereocenters. The van der Waals surface area contributed by atoms with Crippen molar-refractivity contribution >= 4 is 62.6 Å². The molecule has 12 nitrogen and oxygen atoms in total. The molecule has 57 heavy (non-hydrogen) atoms. The van der Waals surface area contributed by atoms with Gasteiger partial charge in [-0.1, -0.05) is 29.3 Å². The van der Waals surface area contributed by atoms with Gasteiger partial charge < -0.3 is 24.0 Å². The van der Waals surface area contributed by atoms with Gasteiger partial charge in [0.2, 0.25) is 0 Å². The number of aromatic nitrogens is 5. The number of carbonyl (C=O) groups is 2. The number of amides is 1. The summed E-state index contributed by atoms with van der Waals surface area (Å²) in [7, 11) is 1.92. The summed E-state index contributed by atoms with van der Waals surface area (Å²) >= 11 is 13.5. The van der Waals surface area contributed by atoms with Gasteiger partial charge in [0.1, 0.15) is 11.4 Å². The van der Waals surface area contributed by atoms with Gasteiger partial charge >= 0.3 is 5.97 Å². The number of anilines is 1. The van der Waals surface area contributed by atoms with Crippen LogP contribution in [-0.4, -0.2) is 92.0 Å². The summed E-state index contributed by atoms with van der Waals surface area (Å²) in [4.78, 5) is 32.0. The number of carboxylic acid groups (broad SMARTS) is 1.